The number of sulfonamides is 1. The standard InChI is InChI=1S/C16H20N2O3S3/c1-11-10-14(12(2)23-11)16(19)18-7-5-13(6-8-18)17-24(20,21)15-4-3-9-22-15/h3-4,9-10,13,17H,5-8H2,1-2H3. The first-order valence-corrected chi connectivity index (χ1v) is 11.0. The second-order valence-electron chi connectivity index (χ2n) is 5.95. The van der Waals surface area contributed by atoms with Crippen LogP contribution in [0.1, 0.15) is 33.0 Å². The third-order valence-electron chi connectivity index (χ3n) is 4.14. The Kier molecular flexibility index (Phi) is 5.10. The number of nitrogens with zero attached hydrogens (tertiary/aromatic N) is 1. The van der Waals surface area contributed by atoms with Crippen LogP contribution in [0.5, 0.6) is 0 Å². The van der Waals surface area contributed by atoms with Crippen molar-refractivity contribution in [3.05, 3.63) is 38.9 Å². The predicted molar refractivity (Wildman–Crippen MR) is 97.4 cm³/mol. The molecule has 0 aliphatic carbocycles. The minimum absolute atomic E-state index is 0.0522. The molecule has 0 unspecified atom stereocenters. The van der Waals surface area contributed by atoms with E-state index in [1.165, 1.54) is 11.3 Å². The van der Waals surface area contributed by atoms with Gasteiger partial charge in [0, 0.05) is 28.9 Å². The molecular formula is C16H20N2O3S3. The molecule has 0 bridgehead atoms. The molecule has 1 saturated heterocycles. The van der Waals surface area contributed by atoms with Gasteiger partial charge in [0.2, 0.25) is 10.0 Å². The van der Waals surface area contributed by atoms with Crippen molar-refractivity contribution in [1.82, 2.24) is 9.62 Å². The molecule has 24 heavy (non-hydrogen) atoms. The SMILES string of the molecule is Cc1cc(C(=O)N2CCC(NS(=O)(=O)c3cccs3)CC2)c(C)s1. The van der Waals surface area contributed by atoms with Crippen LogP contribution in [0, 0.1) is 13.8 Å². The van der Waals surface area contributed by atoms with E-state index in [0.717, 1.165) is 15.3 Å². The lowest BCUT2D eigenvalue weighted by Crippen LogP contribution is -2.46. The number of piperidine rings is 1. The minimum Gasteiger partial charge on any atom is -0.338 e. The maximum absolute atomic E-state index is 12.6. The summed E-state index contributed by atoms with van der Waals surface area (Å²) >= 11 is 2.84. The first-order chi connectivity index (χ1) is 11.4. The number of nitrogens with one attached hydrogen (secondary N) is 1. The number of carbonyl (C=O) groups excluding carboxylic acids is 1. The number of hydrogen-bond donors (Lipinski definition) is 1. The smallest absolute Gasteiger partial charge is 0.254 e. The van der Waals surface area contributed by atoms with E-state index in [1.54, 1.807) is 28.8 Å². The fourth-order valence-electron chi connectivity index (χ4n) is 2.91. The quantitative estimate of drug-likeness (QED) is 0.881. The molecule has 0 spiro atoms. The second kappa shape index (κ2) is 6.95. The molecule has 0 atom stereocenters. The van der Waals surface area contributed by atoms with Gasteiger partial charge in [0.05, 0.1) is 5.56 Å². The molecule has 1 aliphatic rings. The zero-order valence-corrected chi connectivity index (χ0v) is 16.1. The number of rotatable bonds is 4. The maximum atomic E-state index is 12.6. The summed E-state index contributed by atoms with van der Waals surface area (Å²) in [7, 11) is -3.44. The third-order valence-corrected chi connectivity index (χ3v) is 8.02. The van der Waals surface area contributed by atoms with E-state index in [-0.39, 0.29) is 11.9 Å². The molecular weight excluding hydrogens is 364 g/mol. The molecule has 0 radical (unpaired) electrons. The van der Waals surface area contributed by atoms with E-state index in [2.05, 4.69) is 4.72 Å². The van der Waals surface area contributed by atoms with Gasteiger partial charge >= 0.3 is 0 Å². The molecule has 1 fully saturated rings. The summed E-state index contributed by atoms with van der Waals surface area (Å²) in [6.45, 7) is 5.11. The molecule has 2 aromatic rings. The van der Waals surface area contributed by atoms with Gasteiger partial charge in [-0.15, -0.1) is 22.7 Å². The predicted octanol–water partition coefficient (Wildman–Crippen LogP) is 3.01. The van der Waals surface area contributed by atoms with Crippen molar-refractivity contribution in [1.29, 1.82) is 0 Å². The molecule has 8 heteroatoms. The fraction of sp³-hybridized carbons (Fsp3) is 0.438. The molecule has 2 aromatic heterocycles. The summed E-state index contributed by atoms with van der Waals surface area (Å²) in [5.74, 6) is 0.0522. The van der Waals surface area contributed by atoms with Crippen molar-refractivity contribution in [3.63, 3.8) is 0 Å². The molecule has 1 amide bonds. The van der Waals surface area contributed by atoms with Crippen LogP contribution in [-0.2, 0) is 10.0 Å². The van der Waals surface area contributed by atoms with Gasteiger partial charge in [-0.25, -0.2) is 13.1 Å². The van der Waals surface area contributed by atoms with E-state index >= 15 is 0 Å². The van der Waals surface area contributed by atoms with E-state index in [9.17, 15) is 13.2 Å². The number of likely N-dealkylation sites (tertiary alicyclic amines) is 1. The summed E-state index contributed by atoms with van der Waals surface area (Å²) < 4.78 is 27.6. The van der Waals surface area contributed by atoms with Gasteiger partial charge in [0.1, 0.15) is 4.21 Å². The van der Waals surface area contributed by atoms with E-state index in [4.69, 9.17) is 0 Å². The molecule has 3 rings (SSSR count). The van der Waals surface area contributed by atoms with Gasteiger partial charge in [-0.3, -0.25) is 4.79 Å². The van der Waals surface area contributed by atoms with Crippen LogP contribution in [-0.4, -0.2) is 38.4 Å². The van der Waals surface area contributed by atoms with Gasteiger partial charge in [0.25, 0.3) is 5.91 Å². The highest BCUT2D eigenvalue weighted by Gasteiger charge is 2.28. The van der Waals surface area contributed by atoms with Crippen LogP contribution in [0.2, 0.25) is 0 Å². The van der Waals surface area contributed by atoms with Crippen molar-refractivity contribution in [2.45, 2.75) is 36.9 Å². The van der Waals surface area contributed by atoms with Crippen molar-refractivity contribution >= 4 is 38.6 Å². The van der Waals surface area contributed by atoms with Gasteiger partial charge in [-0.2, -0.15) is 0 Å². The van der Waals surface area contributed by atoms with E-state index in [1.807, 2.05) is 24.8 Å². The summed E-state index contributed by atoms with van der Waals surface area (Å²) in [4.78, 5) is 16.6. The summed E-state index contributed by atoms with van der Waals surface area (Å²) in [5, 5.41) is 1.75. The Morgan fingerprint density at radius 3 is 2.54 bits per heavy atom. The largest absolute Gasteiger partial charge is 0.338 e. The van der Waals surface area contributed by atoms with Gasteiger partial charge < -0.3 is 4.90 Å². The minimum atomic E-state index is -3.44. The number of amides is 1. The zero-order chi connectivity index (χ0) is 17.3. The first kappa shape index (κ1) is 17.6. The topological polar surface area (TPSA) is 66.5 Å². The first-order valence-electron chi connectivity index (χ1n) is 7.79. The molecule has 3 heterocycles. The van der Waals surface area contributed by atoms with Crippen molar-refractivity contribution < 1.29 is 13.2 Å². The van der Waals surface area contributed by atoms with Gasteiger partial charge in [0.15, 0.2) is 0 Å². The highest BCUT2D eigenvalue weighted by molar-refractivity contribution is 7.91. The number of hydrogen-bond acceptors (Lipinski definition) is 5. The van der Waals surface area contributed by atoms with Crippen LogP contribution < -0.4 is 4.72 Å². The van der Waals surface area contributed by atoms with Crippen molar-refractivity contribution in [2.75, 3.05) is 13.1 Å². The Morgan fingerprint density at radius 1 is 1.29 bits per heavy atom. The van der Waals surface area contributed by atoms with E-state index < -0.39 is 10.0 Å². The molecule has 0 aromatic carbocycles. The van der Waals surface area contributed by atoms with E-state index in [0.29, 0.717) is 30.1 Å². The fourth-order valence-corrected chi connectivity index (χ4v) is 6.14. The monoisotopic (exact) mass is 384 g/mol. The van der Waals surface area contributed by atoms with Crippen molar-refractivity contribution in [2.24, 2.45) is 0 Å². The van der Waals surface area contributed by atoms with Crippen molar-refractivity contribution in [3.8, 4) is 0 Å². The highest BCUT2D eigenvalue weighted by atomic mass is 32.2. The average molecular weight is 385 g/mol. The third kappa shape index (κ3) is 3.72. The molecule has 0 saturated carbocycles. The maximum Gasteiger partial charge on any atom is 0.254 e. The lowest BCUT2D eigenvalue weighted by Gasteiger charge is -2.32. The lowest BCUT2D eigenvalue weighted by molar-refractivity contribution is 0.0711. The number of carbonyl (C=O) groups is 1. The summed E-state index contributed by atoms with van der Waals surface area (Å²) in [5.41, 5.74) is 0.773. The highest BCUT2D eigenvalue weighted by Crippen LogP contribution is 2.24. The molecule has 130 valence electrons. The second-order valence-corrected chi connectivity index (χ2v) is 10.3. The Morgan fingerprint density at radius 2 is 2.00 bits per heavy atom. The Bertz CT molecular complexity index is 817. The summed E-state index contributed by atoms with van der Waals surface area (Å²) in [6.07, 6.45) is 1.27. The van der Waals surface area contributed by atoms with Crippen LogP contribution in [0.4, 0.5) is 0 Å². The Hall–Kier alpha value is -1.22. The lowest BCUT2D eigenvalue weighted by atomic mass is 10.1. The zero-order valence-electron chi connectivity index (χ0n) is 13.6. The van der Waals surface area contributed by atoms with Crippen LogP contribution >= 0.6 is 22.7 Å². The Labute approximate surface area is 150 Å². The van der Waals surface area contributed by atoms with Crippen LogP contribution in [0.15, 0.2) is 27.8 Å². The normalized spacial score (nSPS) is 16.5. The van der Waals surface area contributed by atoms with Gasteiger partial charge in [-0.05, 0) is 44.2 Å². The van der Waals surface area contributed by atoms with Gasteiger partial charge in [-0.1, -0.05) is 6.07 Å². The average Bonchev–Trinajstić information content (AvgIpc) is 3.17. The number of thiophene rings is 2. The molecule has 1 aliphatic heterocycles. The number of aryl methyl sites for hydroxylation is 2. The molecule has 5 nitrogen and oxygen atoms in total. The van der Waals surface area contributed by atoms with Crippen LogP contribution in [0.3, 0.4) is 0 Å². The molecule has 1 N–H and O–H groups in total. The Balaban J connectivity index is 1.60. The summed E-state index contributed by atoms with van der Waals surface area (Å²) in [6, 6.07) is 5.15. The van der Waals surface area contributed by atoms with Crippen LogP contribution in [0.25, 0.3) is 0 Å².